The van der Waals surface area contributed by atoms with Crippen LogP contribution in [-0.4, -0.2) is 60.1 Å². The van der Waals surface area contributed by atoms with Gasteiger partial charge in [0.1, 0.15) is 5.25 Å². The van der Waals surface area contributed by atoms with Crippen LogP contribution in [0.4, 0.5) is 5.69 Å². The van der Waals surface area contributed by atoms with Crippen LogP contribution in [0.25, 0.3) is 0 Å². The van der Waals surface area contributed by atoms with E-state index in [9.17, 15) is 24.5 Å². The maximum atomic E-state index is 11.9. The van der Waals surface area contributed by atoms with Gasteiger partial charge in [-0.3, -0.25) is 24.5 Å². The van der Waals surface area contributed by atoms with Crippen LogP contribution in [0.2, 0.25) is 0 Å². The fraction of sp³-hybridized carbons (Fsp3) is 0.400. The summed E-state index contributed by atoms with van der Waals surface area (Å²) >= 11 is 1.16. The number of thioether (sulfide) groups is 1. The van der Waals surface area contributed by atoms with E-state index >= 15 is 0 Å². The molecule has 1 rings (SSSR count). The van der Waals surface area contributed by atoms with Crippen molar-refractivity contribution >= 4 is 35.2 Å². The van der Waals surface area contributed by atoms with Crippen LogP contribution in [0.5, 0.6) is 0 Å². The first kappa shape index (κ1) is 20.4. The van der Waals surface area contributed by atoms with Gasteiger partial charge in [-0.05, 0) is 19.1 Å². The summed E-state index contributed by atoms with van der Waals surface area (Å²) in [6.45, 7) is 1.02. The summed E-state index contributed by atoms with van der Waals surface area (Å²) in [7, 11) is 2.89. The molecule has 0 saturated heterocycles. The third-order valence-corrected chi connectivity index (χ3v) is 4.21. The third-order valence-electron chi connectivity index (χ3n) is 3.12. The number of likely N-dealkylation sites (N-methyl/N-ethyl adjacent to an activating group) is 2. The molecule has 136 valence electrons. The Morgan fingerprint density at radius 2 is 1.92 bits per heavy atom. The second-order valence-corrected chi connectivity index (χ2v) is 6.46. The van der Waals surface area contributed by atoms with E-state index in [-0.39, 0.29) is 18.1 Å². The molecule has 25 heavy (non-hydrogen) atoms. The minimum Gasteiger partial charge on any atom is -0.455 e. The van der Waals surface area contributed by atoms with Crippen LogP contribution in [0, 0.1) is 10.1 Å². The quantitative estimate of drug-likeness (QED) is 0.312. The zero-order valence-electron chi connectivity index (χ0n) is 14.1. The second kappa shape index (κ2) is 9.62. The van der Waals surface area contributed by atoms with Gasteiger partial charge in [-0.1, -0.05) is 0 Å². The van der Waals surface area contributed by atoms with E-state index in [0.717, 1.165) is 16.7 Å². The Bertz CT molecular complexity index is 649. The molecule has 0 heterocycles. The molecule has 0 fully saturated rings. The molecule has 0 aliphatic rings. The topological polar surface area (TPSA) is 119 Å². The minimum atomic E-state index is -0.599. The van der Waals surface area contributed by atoms with Crippen molar-refractivity contribution in [3.63, 3.8) is 0 Å². The number of rotatable bonds is 8. The van der Waals surface area contributed by atoms with Crippen molar-refractivity contribution in [1.82, 2.24) is 10.2 Å². The lowest BCUT2D eigenvalue weighted by Gasteiger charge is -2.17. The Hall–Kier alpha value is -2.62. The van der Waals surface area contributed by atoms with E-state index < -0.39 is 28.7 Å². The summed E-state index contributed by atoms with van der Waals surface area (Å²) in [4.78, 5) is 46.8. The lowest BCUT2D eigenvalue weighted by Crippen LogP contribution is -2.39. The Balaban J connectivity index is 2.47. The highest BCUT2D eigenvalue weighted by atomic mass is 32.2. The van der Waals surface area contributed by atoms with Gasteiger partial charge in [-0.25, -0.2) is 0 Å². The molecule has 0 aromatic heterocycles. The number of carbonyl (C=O) groups excluding carboxylic acids is 3. The number of benzene rings is 1. The van der Waals surface area contributed by atoms with Crippen molar-refractivity contribution in [2.45, 2.75) is 17.1 Å². The van der Waals surface area contributed by atoms with E-state index in [4.69, 9.17) is 4.74 Å². The first-order valence-corrected chi connectivity index (χ1v) is 8.14. The highest BCUT2D eigenvalue weighted by Crippen LogP contribution is 2.25. The fourth-order valence-electron chi connectivity index (χ4n) is 1.64. The van der Waals surface area contributed by atoms with Gasteiger partial charge >= 0.3 is 5.97 Å². The minimum absolute atomic E-state index is 0.0377. The first-order chi connectivity index (χ1) is 11.7. The van der Waals surface area contributed by atoms with Crippen LogP contribution in [-0.2, 0) is 19.1 Å². The number of ether oxygens (including phenoxy) is 1. The molecule has 1 aromatic rings. The standard InChI is InChI=1S/C15H19N3O6S/c1-10(25-12-6-4-11(5-7-12)18(22)23)15(21)24-9-14(20)17(3)8-13(19)16-2/h4-7,10H,8-9H2,1-3H3,(H,16,19)/t10-/m0/s1. The van der Waals surface area contributed by atoms with Crippen LogP contribution in [0.1, 0.15) is 6.92 Å². The summed E-state index contributed by atoms with van der Waals surface area (Å²) in [5, 5.41) is 12.4. The van der Waals surface area contributed by atoms with Gasteiger partial charge in [0, 0.05) is 31.1 Å². The number of nitrogens with zero attached hydrogens (tertiary/aromatic N) is 2. The molecule has 9 nitrogen and oxygen atoms in total. The Labute approximate surface area is 148 Å². The summed E-state index contributed by atoms with van der Waals surface area (Å²) in [5.41, 5.74) is -0.0377. The predicted molar refractivity (Wildman–Crippen MR) is 91.1 cm³/mol. The molecule has 0 bridgehead atoms. The molecular weight excluding hydrogens is 350 g/mol. The lowest BCUT2D eigenvalue weighted by atomic mass is 10.3. The largest absolute Gasteiger partial charge is 0.455 e. The van der Waals surface area contributed by atoms with Crippen molar-refractivity contribution in [3.8, 4) is 0 Å². The maximum Gasteiger partial charge on any atom is 0.319 e. The number of hydrogen-bond donors (Lipinski definition) is 1. The highest BCUT2D eigenvalue weighted by Gasteiger charge is 2.19. The highest BCUT2D eigenvalue weighted by molar-refractivity contribution is 8.00. The molecule has 0 saturated carbocycles. The molecule has 0 unspecified atom stereocenters. The average Bonchev–Trinajstić information content (AvgIpc) is 2.59. The molecule has 0 spiro atoms. The molecule has 10 heteroatoms. The zero-order valence-corrected chi connectivity index (χ0v) is 14.9. The maximum absolute atomic E-state index is 11.9. The van der Waals surface area contributed by atoms with Crippen molar-refractivity contribution in [2.24, 2.45) is 0 Å². The lowest BCUT2D eigenvalue weighted by molar-refractivity contribution is -0.384. The number of non-ortho nitro benzene ring substituents is 1. The Morgan fingerprint density at radius 3 is 2.44 bits per heavy atom. The Morgan fingerprint density at radius 1 is 1.32 bits per heavy atom. The monoisotopic (exact) mass is 369 g/mol. The molecule has 2 amide bonds. The normalized spacial score (nSPS) is 11.3. The number of nitrogens with one attached hydrogen (secondary N) is 1. The number of nitro groups is 1. The summed E-state index contributed by atoms with van der Waals surface area (Å²) in [6.07, 6.45) is 0. The van der Waals surface area contributed by atoms with Crippen molar-refractivity contribution in [2.75, 3.05) is 27.2 Å². The second-order valence-electron chi connectivity index (χ2n) is 5.04. The molecule has 0 aliphatic heterocycles. The van der Waals surface area contributed by atoms with Crippen LogP contribution >= 0.6 is 11.8 Å². The SMILES string of the molecule is CNC(=O)CN(C)C(=O)COC(=O)[C@H](C)Sc1ccc([N+](=O)[O-])cc1. The Kier molecular flexibility index (Phi) is 7.86. The molecule has 1 atom stereocenters. The third kappa shape index (κ3) is 6.79. The van der Waals surface area contributed by atoms with Gasteiger partial charge in [0.25, 0.3) is 11.6 Å². The molecular formula is C15H19N3O6S. The van der Waals surface area contributed by atoms with Gasteiger partial charge in [0.2, 0.25) is 5.91 Å². The summed E-state index contributed by atoms with van der Waals surface area (Å²) in [6, 6.07) is 5.76. The van der Waals surface area contributed by atoms with Crippen molar-refractivity contribution < 1.29 is 24.0 Å². The van der Waals surface area contributed by atoms with E-state index in [1.165, 1.54) is 38.4 Å². The summed E-state index contributed by atoms with van der Waals surface area (Å²) < 4.78 is 4.95. The molecule has 1 aromatic carbocycles. The van der Waals surface area contributed by atoms with E-state index in [0.29, 0.717) is 4.90 Å². The number of nitro benzene ring substituents is 1. The number of carbonyl (C=O) groups is 3. The number of esters is 1. The molecule has 1 N–H and O–H groups in total. The number of hydrogen-bond acceptors (Lipinski definition) is 7. The predicted octanol–water partition coefficient (Wildman–Crippen LogP) is 0.823. The van der Waals surface area contributed by atoms with Gasteiger partial charge in [0.15, 0.2) is 6.61 Å². The smallest absolute Gasteiger partial charge is 0.319 e. The number of amides is 2. The summed E-state index contributed by atoms with van der Waals surface area (Å²) in [5.74, 6) is -1.42. The fourth-order valence-corrected chi connectivity index (χ4v) is 2.51. The van der Waals surface area contributed by atoms with Crippen LogP contribution < -0.4 is 5.32 Å². The average molecular weight is 369 g/mol. The van der Waals surface area contributed by atoms with Gasteiger partial charge in [-0.2, -0.15) is 0 Å². The molecule has 0 aliphatic carbocycles. The molecule has 0 radical (unpaired) electrons. The van der Waals surface area contributed by atoms with E-state index in [1.807, 2.05) is 0 Å². The van der Waals surface area contributed by atoms with Crippen LogP contribution in [0.3, 0.4) is 0 Å². The zero-order chi connectivity index (χ0) is 19.0. The van der Waals surface area contributed by atoms with E-state index in [1.54, 1.807) is 6.92 Å². The van der Waals surface area contributed by atoms with Crippen molar-refractivity contribution in [3.05, 3.63) is 34.4 Å². The van der Waals surface area contributed by atoms with E-state index in [2.05, 4.69) is 5.32 Å². The van der Waals surface area contributed by atoms with Gasteiger partial charge in [-0.15, -0.1) is 11.8 Å². The van der Waals surface area contributed by atoms with Crippen LogP contribution in [0.15, 0.2) is 29.2 Å². The van der Waals surface area contributed by atoms with Gasteiger partial charge in [0.05, 0.1) is 11.5 Å². The first-order valence-electron chi connectivity index (χ1n) is 7.27. The van der Waals surface area contributed by atoms with Gasteiger partial charge < -0.3 is 15.0 Å². The van der Waals surface area contributed by atoms with Crippen molar-refractivity contribution in [1.29, 1.82) is 0 Å².